The summed E-state index contributed by atoms with van der Waals surface area (Å²) >= 11 is 0. The van der Waals surface area contributed by atoms with E-state index in [9.17, 15) is 91.4 Å². The summed E-state index contributed by atoms with van der Waals surface area (Å²) in [6.45, 7) is 12.1. The predicted octanol–water partition coefficient (Wildman–Crippen LogP) is 18.7. The van der Waals surface area contributed by atoms with Crippen LogP contribution in [0.5, 0.6) is 0 Å². The number of para-hydroxylation sites is 1. The number of hydrogen-bond acceptors (Lipinski definition) is 15. The molecule has 0 spiro atoms. The van der Waals surface area contributed by atoms with Gasteiger partial charge in [0.05, 0.1) is 80.3 Å². The van der Waals surface area contributed by atoms with Crippen LogP contribution in [-0.4, -0.2) is 165 Å². The number of carbonyl (C=O) groups excluding carboxylic acids is 8. The molecule has 28 nitrogen and oxygen atoms in total. The van der Waals surface area contributed by atoms with Crippen LogP contribution in [-0.2, 0) is 48.2 Å². The van der Waals surface area contributed by atoms with Gasteiger partial charge in [0.2, 0.25) is 33.7 Å². The van der Waals surface area contributed by atoms with E-state index < -0.39 is 194 Å². The summed E-state index contributed by atoms with van der Waals surface area (Å²) in [6.07, 6.45) is 2.34. The number of aliphatic hydroxyl groups is 1. The van der Waals surface area contributed by atoms with Crippen molar-refractivity contribution in [2.45, 2.75) is 88.5 Å². The molecule has 4 saturated heterocycles. The molecule has 5 atom stereocenters. The summed E-state index contributed by atoms with van der Waals surface area (Å²) in [5.74, 6) is -14.5. The highest BCUT2D eigenvalue weighted by Gasteiger charge is 2.45. The van der Waals surface area contributed by atoms with Crippen LogP contribution in [0.25, 0.3) is 44.5 Å². The first-order valence-electron chi connectivity index (χ1n) is 45.1. The first-order valence-corrected chi connectivity index (χ1v) is 54.1. The van der Waals surface area contributed by atoms with Gasteiger partial charge >= 0.3 is 24.1 Å². The summed E-state index contributed by atoms with van der Waals surface area (Å²) in [5, 5.41) is 29.2. The molecule has 4 heterocycles. The van der Waals surface area contributed by atoms with Crippen LogP contribution in [0.2, 0.25) is 0 Å². The summed E-state index contributed by atoms with van der Waals surface area (Å²) < 4.78 is 252. The van der Waals surface area contributed by atoms with E-state index in [0.717, 1.165) is 45.4 Å². The quantitative estimate of drug-likeness (QED) is 0.0223. The van der Waals surface area contributed by atoms with Gasteiger partial charge in [0.15, 0.2) is 44.7 Å². The molecule has 16 rings (SSSR count). The monoisotopic (exact) mass is 2110 g/mol. The third kappa shape index (κ3) is 25.5. The number of anilines is 9. The van der Waals surface area contributed by atoms with Crippen LogP contribution in [0, 0.1) is 97.5 Å². The molecule has 4 aliphatic rings. The largest absolute Gasteiger partial charge is 0.394 e. The molecule has 0 bridgehead atoms. The Labute approximate surface area is 836 Å². The number of halogens is 12. The first kappa shape index (κ1) is 109. The second-order valence-electron chi connectivity index (χ2n) is 35.6. The number of carbonyl (C=O) groups is 8. The van der Waals surface area contributed by atoms with Crippen molar-refractivity contribution in [2.75, 3.05) is 111 Å². The number of urea groups is 4. The molecule has 44 heteroatoms. The van der Waals surface area contributed by atoms with Gasteiger partial charge in [-0.15, -0.1) is 0 Å². The molecule has 10 N–H and O–H groups in total. The Bertz CT molecular complexity index is 7600. The molecule has 0 unspecified atom stereocenters. The van der Waals surface area contributed by atoms with Crippen LogP contribution >= 0.6 is 14.3 Å². The Morgan fingerprint density at radius 2 is 0.714 bits per heavy atom. The minimum atomic E-state index is -3.76. The van der Waals surface area contributed by atoms with Gasteiger partial charge < -0.3 is 76.4 Å². The maximum Gasteiger partial charge on any atom is 0.319 e. The third-order valence-corrected chi connectivity index (χ3v) is 28.7. The number of rotatable bonds is 22. The molecule has 12 aromatic carbocycles. The Morgan fingerprint density at radius 1 is 0.354 bits per heavy atom. The predicted molar refractivity (Wildman–Crippen MR) is 539 cm³/mol. The lowest BCUT2D eigenvalue weighted by atomic mass is 10.0. The van der Waals surface area contributed by atoms with Crippen LogP contribution in [0.4, 0.5) is 123 Å². The molecule has 12 amide bonds. The molecule has 4 aliphatic heterocycles. The fraction of sp³-hybridized carbons (Fsp3) is 0.223. The Hall–Kier alpha value is -15.1. The van der Waals surface area contributed by atoms with E-state index in [2.05, 4.69) is 47.3 Å². The van der Waals surface area contributed by atoms with Gasteiger partial charge in [-0.2, -0.15) is 0 Å². The topological polar surface area (TPSA) is 380 Å². The van der Waals surface area contributed by atoms with Gasteiger partial charge in [0.25, 0.3) is 0 Å². The third-order valence-electron chi connectivity index (χ3n) is 23.9. The van der Waals surface area contributed by atoms with Gasteiger partial charge in [0.1, 0.15) is 73.4 Å². The van der Waals surface area contributed by atoms with Crippen molar-refractivity contribution in [3.63, 3.8) is 0 Å². The minimum absolute atomic E-state index is 0.0112. The maximum atomic E-state index is 15.3. The number of aryl methyl sites for hydroxylation is 4. The number of benzene rings is 12. The van der Waals surface area contributed by atoms with Crippen molar-refractivity contribution in [3.8, 4) is 44.5 Å². The van der Waals surface area contributed by atoms with Gasteiger partial charge in [-0.1, -0.05) is 103 Å². The smallest absolute Gasteiger partial charge is 0.319 e. The van der Waals surface area contributed by atoms with Gasteiger partial charge in [-0.3, -0.25) is 23.9 Å². The maximum absolute atomic E-state index is 15.3. The minimum Gasteiger partial charge on any atom is -0.394 e. The van der Waals surface area contributed by atoms with Gasteiger partial charge in [-0.25, -0.2) is 88.7 Å². The summed E-state index contributed by atoms with van der Waals surface area (Å²) in [6, 6.07) is 42.5. The standard InChI is InChI=1S/C26H24F4N3O3P.C26H24F3N3O5S.C26H25F3N3O3P.C25H24F2N4O4S/c1-14-7-9-19(18(28)13-14)31-26(35)32-20-11-12-33(25(20)34)21-10-8-15(22(29)23(21)30)16-5-4-6-17(27)24(16)37(2,3)36;1-14-7-9-19(18(27)11-14)30-26(35)31-20-12-15(13-33)32(25(20)34)21-10-8-17(23(28)24(21)29)16-5-3-4-6-22(16)38(2,36)37;1-15-8-10-19(18(27)14-15)30-26(34)31-20-12-13-32(25(20)33)21-11-9-17(23(28)24(21)29)16-6-4-5-7-22(16)36(2,3)35;1-15-7-9-21(18(26)13-15)28-25(33)29-22-11-12-31(24(22)32)23-10-8-16(14-19(23)27)17-5-3-4-6-20(17)30-36(2,34)35/h4-10,13,20H,11-12H2,1-3H3,(H2,31,32,35);3-11,15,20,33H,12-13H2,1-2H3,(H2,30,31,35);4-11,14,20H,12-13H2,1-3H3,(H2,30,31,34);3-10,13-14,22,30H,11-12H2,1-2H3,(H2,28,29,33)/t20-;15-,20+;20-;22-/m1011/s1. The summed E-state index contributed by atoms with van der Waals surface area (Å²) in [5.41, 5.74) is 2.10. The molecular formula is C103H97F12N13O15P2S2. The number of hydrogen-bond donors (Lipinski definition) is 10. The Kier molecular flexibility index (Phi) is 33.6. The number of nitrogens with one attached hydrogen (secondary N) is 9. The zero-order valence-corrected chi connectivity index (χ0v) is 83.4. The molecule has 0 aromatic heterocycles. The molecule has 770 valence electrons. The molecule has 147 heavy (non-hydrogen) atoms. The molecular weight excluding hydrogens is 2010 g/mol. The zero-order chi connectivity index (χ0) is 107. The SMILES string of the molecule is Cc1ccc(NC(=O)N[C@@H]2CCN(c3ccc(-c4cccc(F)c4P(C)(C)=O)c(F)c3F)C2=O)c(F)c1.Cc1ccc(NC(=O)N[C@@H]2CCN(c3ccc(-c4ccccc4NS(C)(=O)=O)cc3F)C2=O)c(F)c1.Cc1ccc(NC(=O)N[C@@H]2CCN(c3ccc(-c4ccccc4P(C)(C)=O)c(F)c3F)C2=O)c(F)c1.Cc1ccc(NC(=O)N[C@@H]2C[C@@H](CO)N(c3ccc(-c4ccccc4S(C)(=O)=O)c(F)c3F)C2=O)c(F)c1. The highest BCUT2D eigenvalue weighted by atomic mass is 32.2. The van der Waals surface area contributed by atoms with Crippen LogP contribution in [0.15, 0.2) is 223 Å². The average molecular weight is 2110 g/mol. The molecule has 0 aliphatic carbocycles. The lowest BCUT2D eigenvalue weighted by Crippen LogP contribution is -2.44. The molecule has 12 aromatic rings. The first-order chi connectivity index (χ1) is 69.3. The van der Waals surface area contributed by atoms with Crippen molar-refractivity contribution in [3.05, 3.63) is 310 Å². The van der Waals surface area contributed by atoms with Crippen molar-refractivity contribution in [2.24, 2.45) is 0 Å². The number of sulfone groups is 1. The second kappa shape index (κ2) is 45.3. The summed E-state index contributed by atoms with van der Waals surface area (Å²) in [7, 11) is -13.3. The number of sulfonamides is 1. The van der Waals surface area contributed by atoms with E-state index in [4.69, 9.17) is 0 Å². The fourth-order valence-electron chi connectivity index (χ4n) is 17.0. The Morgan fingerprint density at radius 3 is 1.12 bits per heavy atom. The van der Waals surface area contributed by atoms with E-state index in [1.807, 2.05) is 0 Å². The highest BCUT2D eigenvalue weighted by molar-refractivity contribution is 7.92. The normalized spacial score (nSPS) is 16.2. The lowest BCUT2D eigenvalue weighted by Gasteiger charge is -2.24. The Balaban J connectivity index is 0.000000164. The molecule has 0 radical (unpaired) electrons. The van der Waals surface area contributed by atoms with E-state index in [1.54, 1.807) is 120 Å². The molecule has 4 fully saturated rings. The van der Waals surface area contributed by atoms with Gasteiger partial charge in [-0.05, 0) is 234 Å². The average Bonchev–Trinajstić information content (AvgIpc) is 1.76. The number of amides is 12. The highest BCUT2D eigenvalue weighted by Crippen LogP contribution is 2.46. The van der Waals surface area contributed by atoms with Gasteiger partial charge in [0, 0.05) is 59.0 Å². The molecule has 0 saturated carbocycles. The van der Waals surface area contributed by atoms with Crippen molar-refractivity contribution >= 4 is 144 Å². The van der Waals surface area contributed by atoms with Crippen LogP contribution in [0.3, 0.4) is 0 Å². The summed E-state index contributed by atoms with van der Waals surface area (Å²) in [4.78, 5) is 105. The van der Waals surface area contributed by atoms with Crippen LogP contribution < -0.4 is 77.5 Å². The van der Waals surface area contributed by atoms with E-state index in [-0.39, 0.29) is 123 Å². The van der Waals surface area contributed by atoms with E-state index >= 15 is 30.7 Å². The lowest BCUT2D eigenvalue weighted by molar-refractivity contribution is -0.119. The van der Waals surface area contributed by atoms with E-state index in [0.29, 0.717) is 49.9 Å². The number of aliphatic hydroxyl groups excluding tert-OH is 1. The van der Waals surface area contributed by atoms with Crippen molar-refractivity contribution < 1.29 is 122 Å². The van der Waals surface area contributed by atoms with E-state index in [1.165, 1.54) is 140 Å². The van der Waals surface area contributed by atoms with Crippen molar-refractivity contribution in [1.82, 2.24) is 21.3 Å². The van der Waals surface area contributed by atoms with Crippen LogP contribution in [0.1, 0.15) is 47.9 Å². The zero-order valence-electron chi connectivity index (χ0n) is 80.0. The van der Waals surface area contributed by atoms with Crippen molar-refractivity contribution in [1.29, 1.82) is 0 Å². The second-order valence-corrected chi connectivity index (χ2v) is 45.7. The fourth-order valence-corrected chi connectivity index (χ4v) is 21.0. The number of nitrogens with zero attached hydrogens (tertiary/aromatic N) is 4.